The van der Waals surface area contributed by atoms with Gasteiger partial charge < -0.3 is 10.1 Å². The largest absolute Gasteiger partial charge is 0.573 e. The molecule has 0 bridgehead atoms. The lowest BCUT2D eigenvalue weighted by Crippen LogP contribution is -2.47. The Balaban J connectivity index is 2.34. The van der Waals surface area contributed by atoms with Crippen LogP contribution in [-0.2, 0) is 0 Å². The van der Waals surface area contributed by atoms with Gasteiger partial charge in [-0.15, -0.1) is 13.2 Å². The van der Waals surface area contributed by atoms with Gasteiger partial charge >= 0.3 is 6.36 Å². The molecule has 1 unspecified atom stereocenters. The lowest BCUT2D eigenvalue weighted by atomic mass is 9.83. The Hall–Kier alpha value is -1.56. The summed E-state index contributed by atoms with van der Waals surface area (Å²) in [6.07, 6.45) is -1.95. The number of rotatable bonds is 5. The van der Waals surface area contributed by atoms with Crippen LogP contribution >= 0.6 is 0 Å². The predicted octanol–water partition coefficient (Wildman–Crippen LogP) is 3.69. The third kappa shape index (κ3) is 3.56. The van der Waals surface area contributed by atoms with Gasteiger partial charge in [-0.2, -0.15) is 0 Å². The topological polar surface area (TPSA) is 38.3 Å². The van der Waals surface area contributed by atoms with Crippen molar-refractivity contribution >= 4 is 5.78 Å². The highest BCUT2D eigenvalue weighted by Gasteiger charge is 2.42. The summed E-state index contributed by atoms with van der Waals surface area (Å²) in [6.45, 7) is 2.65. The summed E-state index contributed by atoms with van der Waals surface area (Å²) < 4.78 is 41.4. The number of carbonyl (C=O) groups is 1. The maximum atomic E-state index is 12.8. The molecule has 1 fully saturated rings. The van der Waals surface area contributed by atoms with Gasteiger partial charge in [0, 0.05) is 0 Å². The van der Waals surface area contributed by atoms with Crippen LogP contribution in [0.5, 0.6) is 5.75 Å². The van der Waals surface area contributed by atoms with Crippen LogP contribution in [0, 0.1) is 0 Å². The lowest BCUT2D eigenvalue weighted by molar-refractivity contribution is -0.274. The number of alkyl halides is 3. The van der Waals surface area contributed by atoms with Gasteiger partial charge in [0.2, 0.25) is 0 Å². The van der Waals surface area contributed by atoms with E-state index in [1.54, 1.807) is 6.07 Å². The molecule has 1 aliphatic heterocycles. The maximum absolute atomic E-state index is 12.8. The summed E-state index contributed by atoms with van der Waals surface area (Å²) in [4.78, 5) is 12.8. The van der Waals surface area contributed by atoms with Gasteiger partial charge in [0.25, 0.3) is 0 Å². The van der Waals surface area contributed by atoms with E-state index in [2.05, 4.69) is 10.1 Å². The number of ether oxygens (including phenoxy) is 1. The van der Waals surface area contributed by atoms with Crippen LogP contribution < -0.4 is 10.1 Å². The van der Waals surface area contributed by atoms with Gasteiger partial charge in [0.05, 0.1) is 11.1 Å². The number of carbonyl (C=O) groups excluding carboxylic acids is 1. The highest BCUT2D eigenvalue weighted by Crippen LogP contribution is 2.34. The van der Waals surface area contributed by atoms with Crippen molar-refractivity contribution in [2.75, 3.05) is 6.54 Å². The number of halogens is 3. The van der Waals surface area contributed by atoms with Crippen molar-refractivity contribution in [3.05, 3.63) is 29.8 Å². The third-order valence-corrected chi connectivity index (χ3v) is 3.71. The van der Waals surface area contributed by atoms with E-state index in [0.29, 0.717) is 19.4 Å². The van der Waals surface area contributed by atoms with E-state index in [0.717, 1.165) is 12.8 Å². The zero-order valence-electron chi connectivity index (χ0n) is 11.8. The Morgan fingerprint density at radius 1 is 1.38 bits per heavy atom. The van der Waals surface area contributed by atoms with Crippen LogP contribution in [0.15, 0.2) is 24.3 Å². The van der Waals surface area contributed by atoms with E-state index < -0.39 is 17.7 Å². The van der Waals surface area contributed by atoms with Crippen LogP contribution in [0.3, 0.4) is 0 Å². The van der Waals surface area contributed by atoms with Crippen molar-refractivity contribution in [2.24, 2.45) is 0 Å². The second-order valence-electron chi connectivity index (χ2n) is 5.24. The zero-order chi connectivity index (χ0) is 15.5. The zero-order valence-corrected chi connectivity index (χ0v) is 11.8. The Labute approximate surface area is 121 Å². The van der Waals surface area contributed by atoms with Gasteiger partial charge in [0.15, 0.2) is 5.78 Å². The van der Waals surface area contributed by atoms with Crippen molar-refractivity contribution in [3.8, 4) is 5.75 Å². The van der Waals surface area contributed by atoms with Gasteiger partial charge in [0.1, 0.15) is 5.75 Å². The van der Waals surface area contributed by atoms with Crippen LogP contribution in [0.25, 0.3) is 0 Å². The SMILES string of the molecule is CCCC1(C(=O)c2ccccc2OC(F)(F)F)CCCN1. The molecule has 2 rings (SSSR count). The first kappa shape index (κ1) is 15.8. The molecule has 0 aromatic heterocycles. The van der Waals surface area contributed by atoms with Crippen molar-refractivity contribution in [1.82, 2.24) is 5.32 Å². The average Bonchev–Trinajstić information content (AvgIpc) is 2.87. The van der Waals surface area contributed by atoms with E-state index in [1.165, 1.54) is 18.2 Å². The molecular formula is C15H18F3NO2. The Morgan fingerprint density at radius 3 is 2.67 bits per heavy atom. The molecule has 3 nitrogen and oxygen atoms in total. The highest BCUT2D eigenvalue weighted by atomic mass is 19.4. The van der Waals surface area contributed by atoms with Crippen LogP contribution in [0.1, 0.15) is 43.0 Å². The maximum Gasteiger partial charge on any atom is 0.573 e. The van der Waals surface area contributed by atoms with Crippen molar-refractivity contribution in [3.63, 3.8) is 0 Å². The van der Waals surface area contributed by atoms with E-state index in [-0.39, 0.29) is 11.3 Å². The first-order chi connectivity index (χ1) is 9.88. The summed E-state index contributed by atoms with van der Waals surface area (Å²) in [7, 11) is 0. The van der Waals surface area contributed by atoms with Crippen molar-refractivity contribution in [2.45, 2.75) is 44.5 Å². The fraction of sp³-hybridized carbons (Fsp3) is 0.533. The standard InChI is InChI=1S/C15H18F3NO2/c1-2-8-14(9-5-10-19-14)13(20)11-6-3-4-7-12(11)21-15(16,17)18/h3-4,6-7,19H,2,5,8-10H2,1H3. The Morgan fingerprint density at radius 2 is 2.10 bits per heavy atom. The predicted molar refractivity (Wildman–Crippen MR) is 72.3 cm³/mol. The minimum absolute atomic E-state index is 0.0160. The first-order valence-corrected chi connectivity index (χ1v) is 7.02. The molecule has 1 saturated heterocycles. The van der Waals surface area contributed by atoms with Crippen molar-refractivity contribution < 1.29 is 22.7 Å². The smallest absolute Gasteiger partial charge is 0.405 e. The van der Waals surface area contributed by atoms with Crippen molar-refractivity contribution in [1.29, 1.82) is 0 Å². The van der Waals surface area contributed by atoms with Crippen LogP contribution in [0.2, 0.25) is 0 Å². The highest BCUT2D eigenvalue weighted by molar-refractivity contribution is 6.05. The fourth-order valence-corrected chi connectivity index (χ4v) is 2.88. The molecule has 6 heteroatoms. The molecule has 1 aromatic rings. The molecule has 0 spiro atoms. The molecule has 0 saturated carbocycles. The van der Waals surface area contributed by atoms with Crippen LogP contribution in [0.4, 0.5) is 13.2 Å². The molecule has 116 valence electrons. The summed E-state index contributed by atoms with van der Waals surface area (Å²) in [5.41, 5.74) is -0.780. The number of Topliss-reactive ketones (excluding diaryl/α,β-unsaturated/α-hetero) is 1. The first-order valence-electron chi connectivity index (χ1n) is 7.02. The second-order valence-corrected chi connectivity index (χ2v) is 5.24. The van der Waals surface area contributed by atoms with Gasteiger partial charge in [-0.3, -0.25) is 4.79 Å². The van der Waals surface area contributed by atoms with E-state index >= 15 is 0 Å². The molecule has 1 atom stereocenters. The second kappa shape index (κ2) is 6.05. The number of benzene rings is 1. The molecule has 21 heavy (non-hydrogen) atoms. The summed E-state index contributed by atoms with van der Waals surface area (Å²) in [5, 5.41) is 3.17. The Kier molecular flexibility index (Phi) is 4.56. The number of hydrogen-bond donors (Lipinski definition) is 1. The van der Waals surface area contributed by atoms with Gasteiger partial charge in [-0.05, 0) is 37.9 Å². The molecule has 1 aromatic carbocycles. The fourth-order valence-electron chi connectivity index (χ4n) is 2.88. The lowest BCUT2D eigenvalue weighted by Gasteiger charge is -2.28. The van der Waals surface area contributed by atoms with Gasteiger partial charge in [-0.1, -0.05) is 25.5 Å². The minimum atomic E-state index is -4.81. The number of hydrogen-bond acceptors (Lipinski definition) is 3. The average molecular weight is 301 g/mol. The number of para-hydroxylation sites is 1. The summed E-state index contributed by atoms with van der Waals surface area (Å²) in [5.74, 6) is -0.749. The minimum Gasteiger partial charge on any atom is -0.405 e. The van der Waals surface area contributed by atoms with E-state index in [9.17, 15) is 18.0 Å². The third-order valence-electron chi connectivity index (χ3n) is 3.71. The monoisotopic (exact) mass is 301 g/mol. The molecule has 0 aliphatic carbocycles. The van der Waals surface area contributed by atoms with Crippen LogP contribution in [-0.4, -0.2) is 24.2 Å². The Bertz CT molecular complexity index is 508. The number of nitrogens with one attached hydrogen (secondary N) is 1. The number of ketones is 1. The molecule has 1 N–H and O–H groups in total. The van der Waals surface area contributed by atoms with E-state index in [4.69, 9.17) is 0 Å². The molecule has 1 aliphatic rings. The molecule has 1 heterocycles. The molecular weight excluding hydrogens is 283 g/mol. The van der Waals surface area contributed by atoms with E-state index in [1.807, 2.05) is 6.92 Å². The summed E-state index contributed by atoms with van der Waals surface area (Å²) in [6, 6.07) is 5.54. The van der Waals surface area contributed by atoms with Gasteiger partial charge in [-0.25, -0.2) is 0 Å². The molecule has 0 amide bonds. The quantitative estimate of drug-likeness (QED) is 0.843. The summed E-state index contributed by atoms with van der Waals surface area (Å²) >= 11 is 0. The molecule has 0 radical (unpaired) electrons. The normalized spacial score (nSPS) is 22.3.